The average molecular weight is 310 g/mol. The van der Waals surface area contributed by atoms with Crippen molar-refractivity contribution in [3.63, 3.8) is 0 Å². The molecule has 4 nitrogen and oxygen atoms in total. The molecule has 0 spiro atoms. The van der Waals surface area contributed by atoms with Crippen molar-refractivity contribution in [3.8, 4) is 0 Å². The summed E-state index contributed by atoms with van der Waals surface area (Å²) in [5, 5.41) is 0. The molecule has 1 aliphatic carbocycles. The van der Waals surface area contributed by atoms with Gasteiger partial charge in [0.05, 0.1) is 5.75 Å². The molecule has 2 unspecified atom stereocenters. The van der Waals surface area contributed by atoms with E-state index in [4.69, 9.17) is 5.73 Å². The molecule has 3 N–H and O–H groups in total. The Hall–Kier alpha value is -0.910. The van der Waals surface area contributed by atoms with Gasteiger partial charge in [-0.05, 0) is 29.9 Å². The van der Waals surface area contributed by atoms with Gasteiger partial charge in [0.15, 0.2) is 0 Å². The molecular weight excluding hydrogens is 284 g/mol. The predicted octanol–water partition coefficient (Wildman–Crippen LogP) is 2.53. The molecule has 0 heterocycles. The molecule has 1 aliphatic rings. The van der Waals surface area contributed by atoms with Crippen molar-refractivity contribution in [2.75, 3.05) is 0 Å². The fraction of sp³-hybridized carbons (Fsp3) is 0.625. The maximum Gasteiger partial charge on any atom is 0.216 e. The number of sulfonamides is 1. The van der Waals surface area contributed by atoms with Gasteiger partial charge in [0.1, 0.15) is 0 Å². The molecule has 1 aromatic carbocycles. The number of nitrogens with two attached hydrogens (primary N) is 1. The highest BCUT2D eigenvalue weighted by atomic mass is 32.2. The third-order valence-electron chi connectivity index (χ3n) is 4.32. The number of hydrogen-bond acceptors (Lipinski definition) is 3. The fourth-order valence-electron chi connectivity index (χ4n) is 3.06. The van der Waals surface area contributed by atoms with Crippen molar-refractivity contribution in [1.82, 2.24) is 4.72 Å². The highest BCUT2D eigenvalue weighted by Gasteiger charge is 2.24. The first-order valence-electron chi connectivity index (χ1n) is 7.80. The van der Waals surface area contributed by atoms with E-state index >= 15 is 0 Å². The molecule has 0 amide bonds. The third kappa shape index (κ3) is 5.09. The standard InChI is InChI=1S/C16H26N2O2S/c1-2-13-4-3-5-16(10-13)18-21(19,20)12-15-8-6-14(11-17)7-9-15/h6-9,13,16,18H,2-5,10-12,17H2,1H3. The molecule has 118 valence electrons. The maximum absolute atomic E-state index is 12.3. The van der Waals surface area contributed by atoms with Crippen LogP contribution in [-0.4, -0.2) is 14.5 Å². The molecule has 2 rings (SSSR count). The Balaban J connectivity index is 1.94. The highest BCUT2D eigenvalue weighted by molar-refractivity contribution is 7.88. The molecule has 0 aromatic heterocycles. The third-order valence-corrected chi connectivity index (χ3v) is 5.73. The highest BCUT2D eigenvalue weighted by Crippen LogP contribution is 2.27. The molecule has 2 atom stereocenters. The van der Waals surface area contributed by atoms with Gasteiger partial charge in [-0.2, -0.15) is 0 Å². The Kier molecular flexibility index (Phi) is 5.79. The topological polar surface area (TPSA) is 72.2 Å². The Labute approximate surface area is 128 Å². The summed E-state index contributed by atoms with van der Waals surface area (Å²) in [5.41, 5.74) is 7.37. The SMILES string of the molecule is CCC1CCCC(NS(=O)(=O)Cc2ccc(CN)cc2)C1. The van der Waals surface area contributed by atoms with E-state index in [1.54, 1.807) is 0 Å². The molecule has 5 heteroatoms. The van der Waals surface area contributed by atoms with E-state index in [0.29, 0.717) is 12.5 Å². The summed E-state index contributed by atoms with van der Waals surface area (Å²) in [6.45, 7) is 2.66. The van der Waals surface area contributed by atoms with Crippen molar-refractivity contribution >= 4 is 10.0 Å². The Morgan fingerprint density at radius 1 is 1.19 bits per heavy atom. The van der Waals surface area contributed by atoms with Crippen molar-refractivity contribution in [2.45, 2.75) is 57.4 Å². The summed E-state index contributed by atoms with van der Waals surface area (Å²) < 4.78 is 27.4. The van der Waals surface area contributed by atoms with Crippen LogP contribution in [0.2, 0.25) is 0 Å². The molecule has 0 bridgehead atoms. The first-order valence-corrected chi connectivity index (χ1v) is 9.45. The largest absolute Gasteiger partial charge is 0.326 e. The van der Waals surface area contributed by atoms with E-state index in [0.717, 1.165) is 36.8 Å². The lowest BCUT2D eigenvalue weighted by Crippen LogP contribution is -2.38. The van der Waals surface area contributed by atoms with Crippen LogP contribution in [0.25, 0.3) is 0 Å². The van der Waals surface area contributed by atoms with Crippen molar-refractivity contribution < 1.29 is 8.42 Å². The van der Waals surface area contributed by atoms with Crippen molar-refractivity contribution in [2.24, 2.45) is 11.7 Å². The molecule has 0 aliphatic heterocycles. The van der Waals surface area contributed by atoms with Gasteiger partial charge in [-0.15, -0.1) is 0 Å². The fourth-order valence-corrected chi connectivity index (χ4v) is 4.49. The van der Waals surface area contributed by atoms with Crippen LogP contribution in [0.5, 0.6) is 0 Å². The summed E-state index contributed by atoms with van der Waals surface area (Å²) in [7, 11) is -3.27. The van der Waals surface area contributed by atoms with Crippen LogP contribution in [0, 0.1) is 5.92 Å². The van der Waals surface area contributed by atoms with Crippen molar-refractivity contribution in [3.05, 3.63) is 35.4 Å². The van der Waals surface area contributed by atoms with Gasteiger partial charge in [-0.3, -0.25) is 0 Å². The Bertz CT molecular complexity index is 540. The zero-order valence-corrected chi connectivity index (χ0v) is 13.5. The van der Waals surface area contributed by atoms with Gasteiger partial charge >= 0.3 is 0 Å². The second kappa shape index (κ2) is 7.38. The normalized spacial score (nSPS) is 23.1. The van der Waals surface area contributed by atoms with E-state index in [-0.39, 0.29) is 11.8 Å². The van der Waals surface area contributed by atoms with E-state index < -0.39 is 10.0 Å². The lowest BCUT2D eigenvalue weighted by atomic mass is 9.85. The van der Waals surface area contributed by atoms with Crippen LogP contribution in [0.15, 0.2) is 24.3 Å². The van der Waals surface area contributed by atoms with Crippen LogP contribution in [-0.2, 0) is 22.3 Å². The molecule has 0 radical (unpaired) electrons. The summed E-state index contributed by atoms with van der Waals surface area (Å²) in [5.74, 6) is 0.709. The van der Waals surface area contributed by atoms with Gasteiger partial charge < -0.3 is 5.73 Å². The Morgan fingerprint density at radius 3 is 2.48 bits per heavy atom. The zero-order valence-electron chi connectivity index (χ0n) is 12.7. The van der Waals surface area contributed by atoms with Gasteiger partial charge in [0.2, 0.25) is 10.0 Å². The average Bonchev–Trinajstić information content (AvgIpc) is 2.47. The minimum atomic E-state index is -3.27. The predicted molar refractivity (Wildman–Crippen MR) is 86.1 cm³/mol. The van der Waals surface area contributed by atoms with Crippen LogP contribution < -0.4 is 10.5 Å². The van der Waals surface area contributed by atoms with Crippen LogP contribution in [0.3, 0.4) is 0 Å². The molecule has 1 saturated carbocycles. The first kappa shape index (κ1) is 16.5. The molecular formula is C16H26N2O2S. The first-order chi connectivity index (χ1) is 10.0. The second-order valence-electron chi connectivity index (χ2n) is 6.04. The quantitative estimate of drug-likeness (QED) is 0.848. The van der Waals surface area contributed by atoms with E-state index in [2.05, 4.69) is 11.6 Å². The summed E-state index contributed by atoms with van der Waals surface area (Å²) in [4.78, 5) is 0. The molecule has 1 aromatic rings. The van der Waals surface area contributed by atoms with Gasteiger partial charge in [-0.25, -0.2) is 13.1 Å². The van der Waals surface area contributed by atoms with E-state index in [9.17, 15) is 8.42 Å². The summed E-state index contributed by atoms with van der Waals surface area (Å²) >= 11 is 0. The van der Waals surface area contributed by atoms with Gasteiger partial charge in [0.25, 0.3) is 0 Å². The molecule has 21 heavy (non-hydrogen) atoms. The summed E-state index contributed by atoms with van der Waals surface area (Å²) in [6.07, 6.45) is 5.43. The molecule has 0 saturated heterocycles. The monoisotopic (exact) mass is 310 g/mol. The number of benzene rings is 1. The van der Waals surface area contributed by atoms with E-state index in [1.807, 2.05) is 24.3 Å². The zero-order chi connectivity index (χ0) is 15.3. The van der Waals surface area contributed by atoms with Gasteiger partial charge in [0, 0.05) is 12.6 Å². The van der Waals surface area contributed by atoms with Gasteiger partial charge in [-0.1, -0.05) is 50.5 Å². The Morgan fingerprint density at radius 2 is 1.86 bits per heavy atom. The van der Waals surface area contributed by atoms with E-state index in [1.165, 1.54) is 6.42 Å². The number of hydrogen-bond donors (Lipinski definition) is 2. The van der Waals surface area contributed by atoms with Crippen molar-refractivity contribution in [1.29, 1.82) is 0 Å². The lowest BCUT2D eigenvalue weighted by Gasteiger charge is -2.28. The lowest BCUT2D eigenvalue weighted by molar-refractivity contribution is 0.301. The molecule has 1 fully saturated rings. The number of nitrogens with one attached hydrogen (secondary N) is 1. The van der Waals surface area contributed by atoms with Crippen LogP contribution >= 0.6 is 0 Å². The maximum atomic E-state index is 12.3. The summed E-state index contributed by atoms with van der Waals surface area (Å²) in [6, 6.07) is 7.57. The number of rotatable bonds is 6. The van der Waals surface area contributed by atoms with Crippen LogP contribution in [0.1, 0.15) is 50.2 Å². The minimum Gasteiger partial charge on any atom is -0.326 e. The smallest absolute Gasteiger partial charge is 0.216 e. The van der Waals surface area contributed by atoms with Crippen LogP contribution in [0.4, 0.5) is 0 Å². The minimum absolute atomic E-state index is 0.0468. The second-order valence-corrected chi connectivity index (χ2v) is 7.79.